The largest absolute Gasteiger partial charge is 0.364 e. The van der Waals surface area contributed by atoms with Gasteiger partial charge in [0.2, 0.25) is 0 Å². The van der Waals surface area contributed by atoms with Gasteiger partial charge in [-0.1, -0.05) is 0 Å². The van der Waals surface area contributed by atoms with Crippen LogP contribution in [0.25, 0.3) is 0 Å². The molecule has 0 saturated heterocycles. The first-order valence-corrected chi connectivity index (χ1v) is 5.98. The van der Waals surface area contributed by atoms with E-state index < -0.39 is 0 Å². The fourth-order valence-corrected chi connectivity index (χ4v) is 1.87. The maximum atomic E-state index is 8.97. The zero-order valence-electron chi connectivity index (χ0n) is 10.9. The van der Waals surface area contributed by atoms with Crippen molar-refractivity contribution in [2.75, 3.05) is 5.32 Å². The van der Waals surface area contributed by atoms with Crippen molar-refractivity contribution in [1.82, 2.24) is 14.3 Å². The van der Waals surface area contributed by atoms with Crippen LogP contribution in [0.4, 0.5) is 5.82 Å². The van der Waals surface area contributed by atoms with Crippen LogP contribution in [0.5, 0.6) is 0 Å². The molecule has 0 aliphatic heterocycles. The molecule has 0 spiro atoms. The lowest BCUT2D eigenvalue weighted by Gasteiger charge is -2.03. The highest BCUT2D eigenvalue weighted by molar-refractivity contribution is 5.39. The predicted octanol–water partition coefficient (Wildman–Crippen LogP) is 2.03. The summed E-state index contributed by atoms with van der Waals surface area (Å²) in [5.41, 5.74) is 2.91. The van der Waals surface area contributed by atoms with Crippen LogP contribution in [0.3, 0.4) is 0 Å². The molecule has 0 atom stereocenters. The van der Waals surface area contributed by atoms with E-state index >= 15 is 0 Å². The second kappa shape index (κ2) is 4.96. The summed E-state index contributed by atoms with van der Waals surface area (Å²) >= 11 is 0. The Bertz CT molecular complexity index is 585. The highest BCUT2D eigenvalue weighted by Gasteiger charge is 2.08. The molecule has 2 rings (SSSR count). The van der Waals surface area contributed by atoms with Gasteiger partial charge in [0.1, 0.15) is 17.6 Å². The summed E-state index contributed by atoms with van der Waals surface area (Å²) in [6.45, 7) is 5.62. The standard InChI is InChI=1S/C13H17N5/c1-4-18-6-5-13(16-18)15-9-11-7-12(8-14)17(3)10(11)2/h5-7H,4,9H2,1-3H3,(H,15,16). The Morgan fingerprint density at radius 2 is 2.28 bits per heavy atom. The smallest absolute Gasteiger partial charge is 0.148 e. The lowest BCUT2D eigenvalue weighted by molar-refractivity contribution is 0.661. The zero-order valence-corrected chi connectivity index (χ0v) is 10.9. The number of nitrogens with zero attached hydrogens (tertiary/aromatic N) is 4. The number of hydrogen-bond acceptors (Lipinski definition) is 3. The first-order valence-electron chi connectivity index (χ1n) is 5.98. The van der Waals surface area contributed by atoms with Crippen molar-refractivity contribution >= 4 is 5.82 Å². The van der Waals surface area contributed by atoms with Crippen LogP contribution in [0.1, 0.15) is 23.9 Å². The molecule has 0 saturated carbocycles. The van der Waals surface area contributed by atoms with Gasteiger partial charge in [0.05, 0.1) is 0 Å². The maximum Gasteiger partial charge on any atom is 0.148 e. The summed E-state index contributed by atoms with van der Waals surface area (Å²) in [5.74, 6) is 0.860. The molecule has 2 aromatic rings. The van der Waals surface area contributed by atoms with Gasteiger partial charge in [-0.05, 0) is 25.5 Å². The molecule has 0 bridgehead atoms. The summed E-state index contributed by atoms with van der Waals surface area (Å²) < 4.78 is 3.78. The van der Waals surface area contributed by atoms with Gasteiger partial charge in [-0.25, -0.2) is 0 Å². The molecule has 0 aliphatic rings. The molecule has 0 unspecified atom stereocenters. The van der Waals surface area contributed by atoms with Crippen molar-refractivity contribution < 1.29 is 0 Å². The normalized spacial score (nSPS) is 10.3. The van der Waals surface area contributed by atoms with Crippen LogP contribution in [-0.4, -0.2) is 14.3 Å². The highest BCUT2D eigenvalue weighted by atomic mass is 15.3. The van der Waals surface area contributed by atoms with Crippen molar-refractivity contribution in [2.24, 2.45) is 7.05 Å². The highest BCUT2D eigenvalue weighted by Crippen LogP contribution is 2.15. The van der Waals surface area contributed by atoms with E-state index in [0.29, 0.717) is 12.2 Å². The van der Waals surface area contributed by atoms with E-state index in [2.05, 4.69) is 23.4 Å². The fourth-order valence-electron chi connectivity index (χ4n) is 1.87. The topological polar surface area (TPSA) is 58.6 Å². The van der Waals surface area contributed by atoms with Crippen LogP contribution >= 0.6 is 0 Å². The number of anilines is 1. The van der Waals surface area contributed by atoms with Crippen LogP contribution in [-0.2, 0) is 20.1 Å². The molecule has 0 amide bonds. The Morgan fingerprint density at radius 3 is 2.83 bits per heavy atom. The summed E-state index contributed by atoms with van der Waals surface area (Å²) in [7, 11) is 1.91. The Morgan fingerprint density at radius 1 is 1.50 bits per heavy atom. The molecule has 2 aromatic heterocycles. The molecule has 18 heavy (non-hydrogen) atoms. The lowest BCUT2D eigenvalue weighted by Crippen LogP contribution is -2.03. The average Bonchev–Trinajstić information content (AvgIpc) is 2.95. The second-order valence-corrected chi connectivity index (χ2v) is 4.22. The minimum Gasteiger partial charge on any atom is -0.364 e. The quantitative estimate of drug-likeness (QED) is 0.894. The van der Waals surface area contributed by atoms with Gasteiger partial charge in [-0.2, -0.15) is 10.4 Å². The Balaban J connectivity index is 2.09. The number of rotatable bonds is 4. The van der Waals surface area contributed by atoms with Crippen molar-refractivity contribution in [3.05, 3.63) is 35.3 Å². The molecule has 0 aliphatic carbocycles. The maximum absolute atomic E-state index is 8.97. The summed E-state index contributed by atoms with van der Waals surface area (Å²) in [6, 6.07) is 6.05. The minimum atomic E-state index is 0.683. The number of nitrogens with one attached hydrogen (secondary N) is 1. The van der Waals surface area contributed by atoms with Gasteiger partial charge >= 0.3 is 0 Å². The van der Waals surface area contributed by atoms with E-state index in [-0.39, 0.29) is 0 Å². The molecular formula is C13H17N5. The van der Waals surface area contributed by atoms with E-state index in [0.717, 1.165) is 23.6 Å². The summed E-state index contributed by atoms with van der Waals surface area (Å²) in [5, 5.41) is 16.6. The van der Waals surface area contributed by atoms with Gasteiger partial charge in [0.15, 0.2) is 0 Å². The second-order valence-electron chi connectivity index (χ2n) is 4.22. The van der Waals surface area contributed by atoms with Gasteiger partial charge in [0, 0.05) is 38.1 Å². The number of hydrogen-bond donors (Lipinski definition) is 1. The van der Waals surface area contributed by atoms with E-state index in [1.165, 1.54) is 0 Å². The monoisotopic (exact) mass is 243 g/mol. The molecule has 5 heteroatoms. The molecule has 0 fully saturated rings. The van der Waals surface area contributed by atoms with Crippen LogP contribution in [0, 0.1) is 18.3 Å². The molecule has 0 radical (unpaired) electrons. The third kappa shape index (κ3) is 2.23. The molecule has 0 aromatic carbocycles. The van der Waals surface area contributed by atoms with Crippen LogP contribution in [0.15, 0.2) is 18.3 Å². The van der Waals surface area contributed by atoms with E-state index in [4.69, 9.17) is 5.26 Å². The Hall–Kier alpha value is -2.22. The van der Waals surface area contributed by atoms with Gasteiger partial charge in [0.25, 0.3) is 0 Å². The van der Waals surface area contributed by atoms with Crippen LogP contribution in [0.2, 0.25) is 0 Å². The average molecular weight is 243 g/mol. The molecule has 5 nitrogen and oxygen atoms in total. The van der Waals surface area contributed by atoms with Crippen LogP contribution < -0.4 is 5.32 Å². The molecule has 2 heterocycles. The fraction of sp³-hybridized carbons (Fsp3) is 0.385. The molecule has 94 valence electrons. The summed E-state index contributed by atoms with van der Waals surface area (Å²) in [4.78, 5) is 0. The Kier molecular flexibility index (Phi) is 3.38. The Labute approximate surface area is 107 Å². The van der Waals surface area contributed by atoms with Crippen molar-refractivity contribution in [1.29, 1.82) is 5.26 Å². The third-order valence-electron chi connectivity index (χ3n) is 3.18. The first-order chi connectivity index (χ1) is 8.65. The molecule has 1 N–H and O–H groups in total. The zero-order chi connectivity index (χ0) is 13.1. The van der Waals surface area contributed by atoms with E-state index in [1.807, 2.05) is 41.5 Å². The third-order valence-corrected chi connectivity index (χ3v) is 3.18. The number of aryl methyl sites for hydroxylation is 1. The van der Waals surface area contributed by atoms with Gasteiger partial charge < -0.3 is 9.88 Å². The van der Waals surface area contributed by atoms with Gasteiger partial charge in [-0.15, -0.1) is 0 Å². The SMILES string of the molecule is CCn1ccc(NCc2cc(C#N)n(C)c2C)n1. The van der Waals surface area contributed by atoms with Gasteiger partial charge in [-0.3, -0.25) is 4.68 Å². The molecular weight excluding hydrogens is 226 g/mol. The lowest BCUT2D eigenvalue weighted by atomic mass is 10.2. The number of aromatic nitrogens is 3. The van der Waals surface area contributed by atoms with Crippen molar-refractivity contribution in [2.45, 2.75) is 26.9 Å². The van der Waals surface area contributed by atoms with Crippen molar-refractivity contribution in [3.63, 3.8) is 0 Å². The number of nitriles is 1. The minimum absolute atomic E-state index is 0.683. The van der Waals surface area contributed by atoms with E-state index in [1.54, 1.807) is 0 Å². The first kappa shape index (κ1) is 12.2. The van der Waals surface area contributed by atoms with E-state index in [9.17, 15) is 0 Å². The predicted molar refractivity (Wildman–Crippen MR) is 70.1 cm³/mol. The summed E-state index contributed by atoms with van der Waals surface area (Å²) in [6.07, 6.45) is 1.95. The van der Waals surface area contributed by atoms with Crippen molar-refractivity contribution in [3.8, 4) is 6.07 Å².